The van der Waals surface area contributed by atoms with Crippen LogP contribution < -0.4 is 19.7 Å². The third-order valence-corrected chi connectivity index (χ3v) is 4.69. The van der Waals surface area contributed by atoms with Gasteiger partial charge in [-0.2, -0.15) is 0 Å². The zero-order valence-corrected chi connectivity index (χ0v) is 17.9. The second kappa shape index (κ2) is 9.88. The van der Waals surface area contributed by atoms with E-state index in [9.17, 15) is 9.59 Å². The number of ether oxygens (including phenoxy) is 2. The number of halogens is 1. The van der Waals surface area contributed by atoms with Gasteiger partial charge in [0.05, 0.1) is 12.3 Å². The van der Waals surface area contributed by atoms with E-state index in [0.717, 1.165) is 0 Å². The topological polar surface area (TPSA) is 108 Å². The highest BCUT2D eigenvalue weighted by atomic mass is 35.5. The molecule has 2 aromatic carbocycles. The Morgan fingerprint density at radius 3 is 2.48 bits per heavy atom. The van der Waals surface area contributed by atoms with E-state index in [0.29, 0.717) is 34.4 Å². The minimum Gasteiger partial charge on any atom is -0.490 e. The molecule has 0 aromatic heterocycles. The Balaban J connectivity index is 1.94. The lowest BCUT2D eigenvalue weighted by molar-refractivity contribution is -0.122. The van der Waals surface area contributed by atoms with Gasteiger partial charge in [-0.25, -0.2) is 0 Å². The van der Waals surface area contributed by atoms with Gasteiger partial charge in [-0.05, 0) is 67.2 Å². The second-order valence-corrected chi connectivity index (χ2v) is 7.19. The summed E-state index contributed by atoms with van der Waals surface area (Å²) in [5.41, 5.74) is 0.847. The van der Waals surface area contributed by atoms with Crippen molar-refractivity contribution in [3.8, 4) is 11.5 Å². The fourth-order valence-electron chi connectivity index (χ4n) is 2.82. The first-order chi connectivity index (χ1) is 14.8. The molecule has 162 valence electrons. The van der Waals surface area contributed by atoms with Gasteiger partial charge in [-0.3, -0.25) is 19.8 Å². The molecule has 3 rings (SSSR count). The van der Waals surface area contributed by atoms with Crippen LogP contribution in [0.1, 0.15) is 12.5 Å². The molecule has 3 N–H and O–H groups in total. The molecule has 0 bridgehead atoms. The summed E-state index contributed by atoms with van der Waals surface area (Å²) in [6.45, 7) is 1.77. The van der Waals surface area contributed by atoms with Gasteiger partial charge in [0.15, 0.2) is 22.9 Å². The number of aliphatic hydroxyl groups excluding tert-OH is 1. The number of carbonyl (C=O) groups excluding carboxylic acids is 2. The summed E-state index contributed by atoms with van der Waals surface area (Å²) >= 11 is 11.1. The van der Waals surface area contributed by atoms with Gasteiger partial charge in [-0.15, -0.1) is 0 Å². The third kappa shape index (κ3) is 5.39. The SMILES string of the molecule is CCOc1cc(/C=C2/C(=O)NC(=S)N(c3ccc(Cl)cc3)C2=O)ccc1OCC(O)O. The van der Waals surface area contributed by atoms with E-state index in [1.54, 1.807) is 49.4 Å². The number of benzene rings is 2. The maximum Gasteiger partial charge on any atom is 0.270 e. The molecule has 0 radical (unpaired) electrons. The summed E-state index contributed by atoms with van der Waals surface area (Å²) in [6, 6.07) is 11.2. The molecule has 0 atom stereocenters. The predicted molar refractivity (Wildman–Crippen MR) is 119 cm³/mol. The van der Waals surface area contributed by atoms with Gasteiger partial charge >= 0.3 is 0 Å². The van der Waals surface area contributed by atoms with Gasteiger partial charge in [0, 0.05) is 5.02 Å². The van der Waals surface area contributed by atoms with Crippen LogP contribution in [0.2, 0.25) is 5.02 Å². The largest absolute Gasteiger partial charge is 0.490 e. The monoisotopic (exact) mass is 462 g/mol. The van der Waals surface area contributed by atoms with Crippen molar-refractivity contribution in [1.82, 2.24) is 5.32 Å². The standard InChI is InChI=1S/C21H19ClN2O6S/c1-2-29-17-10-12(3-8-16(17)30-11-18(25)26)9-15-19(27)23-21(31)24(20(15)28)14-6-4-13(22)5-7-14/h3-10,18,25-26H,2,11H2,1H3,(H,23,27,31)/b15-9-. The number of amides is 2. The fourth-order valence-corrected chi connectivity index (χ4v) is 3.22. The van der Waals surface area contributed by atoms with E-state index in [4.69, 9.17) is 43.5 Å². The lowest BCUT2D eigenvalue weighted by Gasteiger charge is -2.29. The average molecular weight is 463 g/mol. The smallest absolute Gasteiger partial charge is 0.270 e. The maximum atomic E-state index is 13.1. The minimum absolute atomic E-state index is 0.0317. The van der Waals surface area contributed by atoms with Crippen LogP contribution in [0.15, 0.2) is 48.0 Å². The number of carbonyl (C=O) groups is 2. The highest BCUT2D eigenvalue weighted by Crippen LogP contribution is 2.30. The van der Waals surface area contributed by atoms with Crippen molar-refractivity contribution in [2.45, 2.75) is 13.2 Å². The molecule has 0 aliphatic carbocycles. The summed E-state index contributed by atoms with van der Waals surface area (Å²) in [4.78, 5) is 26.7. The zero-order valence-electron chi connectivity index (χ0n) is 16.4. The number of aliphatic hydroxyl groups is 2. The van der Waals surface area contributed by atoms with Crippen LogP contribution in [0.5, 0.6) is 11.5 Å². The maximum absolute atomic E-state index is 13.1. The molecular weight excluding hydrogens is 444 g/mol. The van der Waals surface area contributed by atoms with Crippen LogP contribution in [0, 0.1) is 0 Å². The number of thiocarbonyl (C=S) groups is 1. The first-order valence-electron chi connectivity index (χ1n) is 9.23. The molecule has 0 saturated carbocycles. The molecule has 10 heteroatoms. The lowest BCUT2D eigenvalue weighted by Crippen LogP contribution is -2.54. The summed E-state index contributed by atoms with van der Waals surface area (Å²) < 4.78 is 10.8. The van der Waals surface area contributed by atoms with Crippen molar-refractivity contribution in [2.75, 3.05) is 18.1 Å². The molecule has 0 unspecified atom stereocenters. The van der Waals surface area contributed by atoms with Crippen molar-refractivity contribution in [3.63, 3.8) is 0 Å². The van der Waals surface area contributed by atoms with E-state index in [1.807, 2.05) is 0 Å². The van der Waals surface area contributed by atoms with Crippen LogP contribution in [0.25, 0.3) is 6.08 Å². The van der Waals surface area contributed by atoms with Gasteiger partial charge in [0.25, 0.3) is 11.8 Å². The number of anilines is 1. The van der Waals surface area contributed by atoms with E-state index < -0.39 is 18.1 Å². The molecule has 1 aliphatic heterocycles. The molecule has 0 spiro atoms. The Labute approximate surface area is 188 Å². The molecule has 1 aliphatic rings. The van der Waals surface area contributed by atoms with Crippen LogP contribution in [-0.2, 0) is 9.59 Å². The fraction of sp³-hybridized carbons (Fsp3) is 0.190. The summed E-state index contributed by atoms with van der Waals surface area (Å²) in [7, 11) is 0. The second-order valence-electron chi connectivity index (χ2n) is 6.37. The number of nitrogens with zero attached hydrogens (tertiary/aromatic N) is 1. The van der Waals surface area contributed by atoms with E-state index in [-0.39, 0.29) is 17.3 Å². The molecule has 1 heterocycles. The molecule has 1 fully saturated rings. The van der Waals surface area contributed by atoms with Gasteiger partial charge in [-0.1, -0.05) is 17.7 Å². The number of hydrogen-bond acceptors (Lipinski definition) is 7. The summed E-state index contributed by atoms with van der Waals surface area (Å²) in [5, 5.41) is 21.0. The van der Waals surface area contributed by atoms with Crippen LogP contribution in [0.4, 0.5) is 5.69 Å². The average Bonchev–Trinajstić information content (AvgIpc) is 2.72. The van der Waals surface area contributed by atoms with E-state index in [2.05, 4.69) is 5.32 Å². The predicted octanol–water partition coefficient (Wildman–Crippen LogP) is 2.26. The zero-order chi connectivity index (χ0) is 22.5. The number of hydrogen-bond donors (Lipinski definition) is 3. The van der Waals surface area contributed by atoms with Crippen LogP contribution in [-0.4, -0.2) is 46.6 Å². The Morgan fingerprint density at radius 1 is 1.13 bits per heavy atom. The highest BCUT2D eigenvalue weighted by Gasteiger charge is 2.34. The van der Waals surface area contributed by atoms with E-state index >= 15 is 0 Å². The Bertz CT molecular complexity index is 1040. The van der Waals surface area contributed by atoms with Crippen molar-refractivity contribution < 1.29 is 29.3 Å². The van der Waals surface area contributed by atoms with Gasteiger partial charge in [0.2, 0.25) is 0 Å². The molecule has 8 nitrogen and oxygen atoms in total. The van der Waals surface area contributed by atoms with Crippen molar-refractivity contribution in [1.29, 1.82) is 0 Å². The third-order valence-electron chi connectivity index (χ3n) is 4.15. The van der Waals surface area contributed by atoms with Crippen molar-refractivity contribution >= 4 is 52.5 Å². The number of rotatable bonds is 7. The number of nitrogens with one attached hydrogen (secondary N) is 1. The first-order valence-corrected chi connectivity index (χ1v) is 10.0. The lowest BCUT2D eigenvalue weighted by atomic mass is 10.1. The molecule has 2 amide bonds. The minimum atomic E-state index is -1.64. The summed E-state index contributed by atoms with van der Waals surface area (Å²) in [6.07, 6.45) is -0.224. The molecule has 1 saturated heterocycles. The Kier molecular flexibility index (Phi) is 7.24. The highest BCUT2D eigenvalue weighted by molar-refractivity contribution is 7.80. The van der Waals surface area contributed by atoms with Crippen molar-refractivity contribution in [3.05, 3.63) is 58.6 Å². The molecular formula is C21H19ClN2O6S. The summed E-state index contributed by atoms with van der Waals surface area (Å²) in [5.74, 6) is -0.591. The van der Waals surface area contributed by atoms with Crippen LogP contribution >= 0.6 is 23.8 Å². The van der Waals surface area contributed by atoms with Crippen molar-refractivity contribution in [2.24, 2.45) is 0 Å². The van der Waals surface area contributed by atoms with E-state index in [1.165, 1.54) is 11.0 Å². The first kappa shape index (κ1) is 22.7. The van der Waals surface area contributed by atoms with Gasteiger partial charge in [0.1, 0.15) is 12.2 Å². The molecule has 31 heavy (non-hydrogen) atoms. The Hall–Kier alpha value is -2.98. The van der Waals surface area contributed by atoms with Gasteiger partial charge < -0.3 is 19.7 Å². The normalized spacial score (nSPS) is 15.5. The molecule has 2 aromatic rings. The Morgan fingerprint density at radius 2 is 1.84 bits per heavy atom. The van der Waals surface area contributed by atoms with Crippen LogP contribution in [0.3, 0.4) is 0 Å². The quantitative estimate of drug-likeness (QED) is 0.250.